The molecular weight excluding hydrogens is 316 g/mol. The van der Waals surface area contributed by atoms with Crippen molar-refractivity contribution < 1.29 is 9.90 Å². The lowest BCUT2D eigenvalue weighted by atomic mass is 9.94. The van der Waals surface area contributed by atoms with E-state index in [9.17, 15) is 4.79 Å². The number of urea groups is 1. The van der Waals surface area contributed by atoms with Crippen LogP contribution in [-0.2, 0) is 0 Å². The second-order valence-electron chi connectivity index (χ2n) is 7.32. The fraction of sp³-hybridized carbons (Fsp3) is 0.579. The fourth-order valence-electron chi connectivity index (χ4n) is 2.95. The summed E-state index contributed by atoms with van der Waals surface area (Å²) in [5, 5.41) is 20.4. The lowest BCUT2D eigenvalue weighted by molar-refractivity contribution is 0.231. The largest absolute Gasteiger partial charge is 0.396 e. The molecule has 6 heteroatoms. The zero-order valence-corrected chi connectivity index (χ0v) is 15.6. The first kappa shape index (κ1) is 19.2. The van der Waals surface area contributed by atoms with Crippen molar-refractivity contribution in [2.45, 2.75) is 46.6 Å². The molecule has 0 aliphatic carbocycles. The first-order valence-corrected chi connectivity index (χ1v) is 9.03. The minimum absolute atomic E-state index is 0.150. The molecule has 0 saturated carbocycles. The van der Waals surface area contributed by atoms with Crippen LogP contribution in [0.4, 0.5) is 10.5 Å². The molecule has 6 nitrogen and oxygen atoms in total. The number of benzene rings is 1. The Labute approximate surface area is 149 Å². The van der Waals surface area contributed by atoms with Crippen LogP contribution < -0.4 is 10.6 Å². The summed E-state index contributed by atoms with van der Waals surface area (Å²) in [4.78, 5) is 12.2. The molecule has 0 aliphatic heterocycles. The van der Waals surface area contributed by atoms with Gasteiger partial charge in [-0.2, -0.15) is 5.10 Å². The number of carbonyl (C=O) groups excluding carboxylic acids is 1. The van der Waals surface area contributed by atoms with Crippen LogP contribution in [0.1, 0.15) is 46.6 Å². The molecule has 1 aromatic carbocycles. The van der Waals surface area contributed by atoms with Crippen LogP contribution in [0.5, 0.6) is 0 Å². The Bertz CT molecular complexity index is 694. The van der Waals surface area contributed by atoms with Gasteiger partial charge in [-0.05, 0) is 56.7 Å². The third-order valence-electron chi connectivity index (χ3n) is 4.20. The number of nitrogens with zero attached hydrogens (tertiary/aromatic N) is 2. The van der Waals surface area contributed by atoms with Crippen molar-refractivity contribution in [3.05, 3.63) is 24.4 Å². The van der Waals surface area contributed by atoms with E-state index in [1.54, 1.807) is 0 Å². The van der Waals surface area contributed by atoms with E-state index in [0.29, 0.717) is 30.8 Å². The third-order valence-corrected chi connectivity index (χ3v) is 4.20. The van der Waals surface area contributed by atoms with E-state index in [2.05, 4.69) is 43.4 Å². The van der Waals surface area contributed by atoms with Gasteiger partial charge in [-0.3, -0.25) is 4.68 Å². The molecule has 2 rings (SSSR count). The number of anilines is 1. The van der Waals surface area contributed by atoms with Gasteiger partial charge in [-0.15, -0.1) is 0 Å². The molecule has 1 aromatic heterocycles. The minimum Gasteiger partial charge on any atom is -0.396 e. The van der Waals surface area contributed by atoms with Crippen molar-refractivity contribution in [1.29, 1.82) is 0 Å². The summed E-state index contributed by atoms with van der Waals surface area (Å²) < 4.78 is 1.92. The number of nitrogens with one attached hydrogen (secondary N) is 2. The van der Waals surface area contributed by atoms with Crippen LogP contribution in [-0.4, -0.2) is 34.1 Å². The average molecular weight is 346 g/mol. The number of fused-ring (bicyclic) bond motifs is 1. The van der Waals surface area contributed by atoms with Crippen LogP contribution in [0.25, 0.3) is 10.9 Å². The summed E-state index contributed by atoms with van der Waals surface area (Å²) in [6.45, 7) is 9.18. The number of aromatic nitrogens is 2. The number of rotatable bonds is 8. The highest BCUT2D eigenvalue weighted by molar-refractivity contribution is 5.92. The third kappa shape index (κ3) is 5.74. The van der Waals surface area contributed by atoms with E-state index in [4.69, 9.17) is 5.11 Å². The lowest BCUT2D eigenvalue weighted by Crippen LogP contribution is -2.33. The van der Waals surface area contributed by atoms with Crippen molar-refractivity contribution in [2.75, 3.05) is 18.5 Å². The Balaban J connectivity index is 1.94. The molecular formula is C19H30N4O2. The molecule has 2 aromatic rings. The van der Waals surface area contributed by atoms with E-state index in [-0.39, 0.29) is 12.6 Å². The molecule has 1 atom stereocenters. The van der Waals surface area contributed by atoms with Gasteiger partial charge in [0, 0.05) is 36.5 Å². The summed E-state index contributed by atoms with van der Waals surface area (Å²) in [7, 11) is 0. The molecule has 0 fully saturated rings. The number of carbonyl (C=O) groups is 1. The van der Waals surface area contributed by atoms with Crippen LogP contribution in [0.2, 0.25) is 0 Å². The summed E-state index contributed by atoms with van der Waals surface area (Å²) in [6.07, 6.45) is 3.68. The number of aliphatic hydroxyl groups excluding tert-OH is 1. The van der Waals surface area contributed by atoms with Crippen molar-refractivity contribution in [1.82, 2.24) is 15.1 Å². The minimum atomic E-state index is -0.220. The zero-order valence-electron chi connectivity index (χ0n) is 15.6. The molecule has 138 valence electrons. The quantitative estimate of drug-likeness (QED) is 0.680. The highest BCUT2D eigenvalue weighted by atomic mass is 16.3. The maximum Gasteiger partial charge on any atom is 0.319 e. The second kappa shape index (κ2) is 8.85. The Morgan fingerprint density at radius 2 is 2.04 bits per heavy atom. The molecule has 0 radical (unpaired) electrons. The van der Waals surface area contributed by atoms with Gasteiger partial charge < -0.3 is 15.7 Å². The fourth-order valence-corrected chi connectivity index (χ4v) is 2.95. The normalized spacial score (nSPS) is 12.8. The molecule has 3 N–H and O–H groups in total. The molecule has 2 amide bonds. The van der Waals surface area contributed by atoms with Gasteiger partial charge in [0.25, 0.3) is 0 Å². The second-order valence-corrected chi connectivity index (χ2v) is 7.32. The number of amides is 2. The highest BCUT2D eigenvalue weighted by Gasteiger charge is 2.12. The van der Waals surface area contributed by atoms with E-state index in [1.807, 2.05) is 29.1 Å². The average Bonchev–Trinajstić information content (AvgIpc) is 2.96. The topological polar surface area (TPSA) is 79.2 Å². The maximum absolute atomic E-state index is 12.2. The Morgan fingerprint density at radius 3 is 2.68 bits per heavy atom. The van der Waals surface area contributed by atoms with Crippen LogP contribution >= 0.6 is 0 Å². The number of aliphatic hydroxyl groups is 1. The van der Waals surface area contributed by atoms with Crippen molar-refractivity contribution in [2.24, 2.45) is 11.8 Å². The summed E-state index contributed by atoms with van der Waals surface area (Å²) in [5.41, 5.74) is 1.66. The SMILES string of the molecule is CC(C)CC(CCO)CNC(=O)Nc1ccc2nn(C(C)C)cc2c1. The predicted octanol–water partition coefficient (Wildman–Crippen LogP) is 3.78. The van der Waals surface area contributed by atoms with Gasteiger partial charge in [0.05, 0.1) is 5.52 Å². The van der Waals surface area contributed by atoms with Gasteiger partial charge in [-0.1, -0.05) is 13.8 Å². The first-order valence-electron chi connectivity index (χ1n) is 9.03. The van der Waals surface area contributed by atoms with E-state index in [1.165, 1.54) is 0 Å². The Hall–Kier alpha value is -2.08. The van der Waals surface area contributed by atoms with Crippen molar-refractivity contribution in [3.8, 4) is 0 Å². The van der Waals surface area contributed by atoms with Gasteiger partial charge in [0.2, 0.25) is 0 Å². The van der Waals surface area contributed by atoms with Gasteiger partial charge in [0.1, 0.15) is 0 Å². The van der Waals surface area contributed by atoms with Crippen molar-refractivity contribution >= 4 is 22.6 Å². The molecule has 1 unspecified atom stereocenters. The van der Waals surface area contributed by atoms with Gasteiger partial charge in [-0.25, -0.2) is 4.79 Å². The molecule has 0 aliphatic rings. The highest BCUT2D eigenvalue weighted by Crippen LogP contribution is 2.20. The smallest absolute Gasteiger partial charge is 0.319 e. The summed E-state index contributed by atoms with van der Waals surface area (Å²) in [6, 6.07) is 5.79. The predicted molar refractivity (Wildman–Crippen MR) is 102 cm³/mol. The monoisotopic (exact) mass is 346 g/mol. The first-order chi connectivity index (χ1) is 11.9. The molecule has 0 spiro atoms. The van der Waals surface area contributed by atoms with E-state index in [0.717, 1.165) is 23.0 Å². The summed E-state index contributed by atoms with van der Waals surface area (Å²) >= 11 is 0. The Morgan fingerprint density at radius 1 is 1.28 bits per heavy atom. The molecule has 0 saturated heterocycles. The van der Waals surface area contributed by atoms with E-state index >= 15 is 0 Å². The van der Waals surface area contributed by atoms with Crippen molar-refractivity contribution in [3.63, 3.8) is 0 Å². The Kier molecular flexibility index (Phi) is 6.82. The van der Waals surface area contributed by atoms with Crippen LogP contribution in [0, 0.1) is 11.8 Å². The van der Waals surface area contributed by atoms with Gasteiger partial charge >= 0.3 is 6.03 Å². The van der Waals surface area contributed by atoms with Gasteiger partial charge in [0.15, 0.2) is 0 Å². The number of hydrogen-bond acceptors (Lipinski definition) is 3. The lowest BCUT2D eigenvalue weighted by Gasteiger charge is -2.18. The molecule has 25 heavy (non-hydrogen) atoms. The van der Waals surface area contributed by atoms with Crippen LogP contribution in [0.15, 0.2) is 24.4 Å². The summed E-state index contributed by atoms with van der Waals surface area (Å²) in [5.74, 6) is 0.837. The molecule has 1 heterocycles. The number of hydrogen-bond donors (Lipinski definition) is 3. The standard InChI is InChI=1S/C19H30N4O2/c1-13(2)9-15(7-8-24)11-20-19(25)21-17-5-6-18-16(10-17)12-23(22-18)14(3)4/h5-6,10,12-15,24H,7-9,11H2,1-4H3,(H2,20,21,25). The van der Waals surface area contributed by atoms with E-state index < -0.39 is 0 Å². The molecule has 0 bridgehead atoms. The van der Waals surface area contributed by atoms with Crippen LogP contribution in [0.3, 0.4) is 0 Å². The zero-order chi connectivity index (χ0) is 18.4. The maximum atomic E-state index is 12.2.